The van der Waals surface area contributed by atoms with E-state index in [2.05, 4.69) is 10.6 Å². The summed E-state index contributed by atoms with van der Waals surface area (Å²) in [7, 11) is 0. The first kappa shape index (κ1) is 28.9. The van der Waals surface area contributed by atoms with Gasteiger partial charge in [-0.05, 0) is 0 Å². The highest BCUT2D eigenvalue weighted by molar-refractivity contribution is 5.73. The summed E-state index contributed by atoms with van der Waals surface area (Å²) in [6, 6.07) is -1.82. The van der Waals surface area contributed by atoms with Gasteiger partial charge >= 0.3 is 18.0 Å². The fraction of sp³-hybridized carbons (Fsp3) is 0.846. The molecule has 13 heteroatoms. The van der Waals surface area contributed by atoms with E-state index in [0.29, 0.717) is 26.2 Å². The molecule has 0 aliphatic carbocycles. The monoisotopic (exact) mass is 387 g/mol. The molecule has 0 aromatic heterocycles. The molecule has 0 aromatic carbocycles. The number of nitro groups is 1. The first-order valence-electron chi connectivity index (χ1n) is 7.71. The number of carboxylic acid groups (broad SMARTS) is 2. The lowest BCUT2D eigenvalue weighted by atomic mass is 10.2. The molecule has 0 aromatic rings. The van der Waals surface area contributed by atoms with Crippen LogP contribution < -0.4 is 10.6 Å². The van der Waals surface area contributed by atoms with Crippen LogP contribution in [0.4, 0.5) is 0 Å². The zero-order chi connectivity index (χ0) is 20.8. The van der Waals surface area contributed by atoms with Crippen LogP contribution in [0.25, 0.3) is 0 Å². The average molecular weight is 387 g/mol. The topological polar surface area (TPSA) is 223 Å². The first-order valence-corrected chi connectivity index (χ1v) is 7.71. The molecule has 0 amide bonds. The Labute approximate surface area is 150 Å². The van der Waals surface area contributed by atoms with Gasteiger partial charge in [0.05, 0.1) is 32.8 Å². The number of aliphatic carboxylic acids is 2. The summed E-state index contributed by atoms with van der Waals surface area (Å²) in [4.78, 5) is 29.0. The number of aliphatic hydroxyl groups excluding tert-OH is 4. The number of rotatable bonds is 13. The largest absolute Gasteiger partial charge is 0.481 e. The predicted octanol–water partition coefficient (Wildman–Crippen LogP) is -3.30. The molecule has 0 aliphatic heterocycles. The minimum atomic E-state index is -1.82. The van der Waals surface area contributed by atoms with Crippen molar-refractivity contribution in [2.45, 2.75) is 18.9 Å². The van der Waals surface area contributed by atoms with Gasteiger partial charge in [-0.25, -0.2) is 4.79 Å². The molecule has 0 saturated carbocycles. The highest BCUT2D eigenvalue weighted by Gasteiger charge is 2.29. The fourth-order valence-corrected chi connectivity index (χ4v) is 1.15. The van der Waals surface area contributed by atoms with Crippen molar-refractivity contribution >= 4 is 11.9 Å². The van der Waals surface area contributed by atoms with Gasteiger partial charge in [-0.1, -0.05) is 0 Å². The third-order valence-corrected chi connectivity index (χ3v) is 2.33. The second kappa shape index (κ2) is 23.1. The van der Waals surface area contributed by atoms with Crippen LogP contribution in [0.3, 0.4) is 0 Å². The van der Waals surface area contributed by atoms with Crippen molar-refractivity contribution in [1.29, 1.82) is 0 Å². The number of hydrogen-bond acceptors (Lipinski definition) is 10. The minimum Gasteiger partial charge on any atom is -0.481 e. The zero-order valence-corrected chi connectivity index (χ0v) is 14.4. The fourth-order valence-electron chi connectivity index (χ4n) is 1.15. The van der Waals surface area contributed by atoms with E-state index in [1.165, 1.54) is 0 Å². The second-order valence-electron chi connectivity index (χ2n) is 4.47. The molecule has 0 saturated heterocycles. The van der Waals surface area contributed by atoms with E-state index in [4.69, 9.17) is 30.6 Å². The number of carbonyl (C=O) groups is 2. The smallest absolute Gasteiger partial charge is 0.379 e. The SMILES string of the molecule is O=C(O)CCC(C(=O)O)[N+](=O)[O-].OCCNCCO.OCCNCCO. The summed E-state index contributed by atoms with van der Waals surface area (Å²) in [6.45, 7) is 2.84. The Bertz CT molecular complexity index is 325. The van der Waals surface area contributed by atoms with Gasteiger partial charge in [0.2, 0.25) is 0 Å². The summed E-state index contributed by atoms with van der Waals surface area (Å²) in [5.74, 6) is -2.86. The van der Waals surface area contributed by atoms with E-state index in [9.17, 15) is 19.7 Å². The highest BCUT2D eigenvalue weighted by atomic mass is 16.6. The molecule has 0 fully saturated rings. The van der Waals surface area contributed by atoms with Crippen molar-refractivity contribution in [2.75, 3.05) is 52.6 Å². The van der Waals surface area contributed by atoms with Gasteiger partial charge in [-0.3, -0.25) is 14.9 Å². The number of carboxylic acids is 2. The van der Waals surface area contributed by atoms with Crippen LogP contribution in [0.15, 0.2) is 0 Å². The molecule has 0 rings (SSSR count). The molecular weight excluding hydrogens is 358 g/mol. The van der Waals surface area contributed by atoms with Crippen LogP contribution in [0.1, 0.15) is 12.8 Å². The lowest BCUT2D eigenvalue weighted by Gasteiger charge is -2.00. The quantitative estimate of drug-likeness (QED) is 0.0884. The Morgan fingerprint density at radius 2 is 1.19 bits per heavy atom. The van der Waals surface area contributed by atoms with Crippen LogP contribution in [-0.4, -0.2) is 106 Å². The molecule has 26 heavy (non-hydrogen) atoms. The Morgan fingerprint density at radius 1 is 0.846 bits per heavy atom. The maximum Gasteiger partial charge on any atom is 0.379 e. The maximum atomic E-state index is 10.1. The molecule has 0 heterocycles. The van der Waals surface area contributed by atoms with Crippen molar-refractivity contribution in [3.05, 3.63) is 10.1 Å². The first-order chi connectivity index (χ1) is 12.3. The summed E-state index contributed by atoms with van der Waals surface area (Å²) in [6.07, 6.45) is -1.00. The van der Waals surface area contributed by atoms with E-state index in [-0.39, 0.29) is 26.4 Å². The van der Waals surface area contributed by atoms with Gasteiger partial charge in [0, 0.05) is 37.5 Å². The Balaban J connectivity index is -0.000000326. The molecule has 13 nitrogen and oxygen atoms in total. The summed E-state index contributed by atoms with van der Waals surface area (Å²) < 4.78 is 0. The van der Waals surface area contributed by atoms with E-state index < -0.39 is 35.7 Å². The van der Waals surface area contributed by atoms with Crippen molar-refractivity contribution < 1.29 is 45.2 Å². The highest BCUT2D eigenvalue weighted by Crippen LogP contribution is 2.01. The van der Waals surface area contributed by atoms with Crippen LogP contribution in [0, 0.1) is 10.1 Å². The number of hydrogen-bond donors (Lipinski definition) is 8. The molecule has 0 spiro atoms. The Kier molecular flexibility index (Phi) is 25.7. The number of nitrogens with one attached hydrogen (secondary N) is 2. The maximum absolute atomic E-state index is 10.1. The van der Waals surface area contributed by atoms with Crippen LogP contribution in [0.2, 0.25) is 0 Å². The van der Waals surface area contributed by atoms with Gasteiger partial charge in [0.25, 0.3) is 0 Å². The third-order valence-electron chi connectivity index (χ3n) is 2.33. The minimum absolute atomic E-state index is 0.139. The lowest BCUT2D eigenvalue weighted by Crippen LogP contribution is -2.29. The van der Waals surface area contributed by atoms with Gasteiger partial charge in [-0.15, -0.1) is 0 Å². The van der Waals surface area contributed by atoms with Crippen molar-refractivity contribution in [3.63, 3.8) is 0 Å². The normalized spacial score (nSPS) is 10.6. The molecule has 1 atom stereocenters. The van der Waals surface area contributed by atoms with Crippen LogP contribution in [0.5, 0.6) is 0 Å². The molecule has 0 aliphatic rings. The summed E-state index contributed by atoms with van der Waals surface area (Å²) in [5.41, 5.74) is 0. The van der Waals surface area contributed by atoms with Gasteiger partial charge in [-0.2, -0.15) is 0 Å². The number of nitrogens with zero attached hydrogens (tertiary/aromatic N) is 1. The van der Waals surface area contributed by atoms with Crippen molar-refractivity contribution in [1.82, 2.24) is 10.6 Å². The zero-order valence-electron chi connectivity index (χ0n) is 14.4. The van der Waals surface area contributed by atoms with E-state index >= 15 is 0 Å². The Morgan fingerprint density at radius 3 is 1.38 bits per heavy atom. The van der Waals surface area contributed by atoms with Gasteiger partial charge < -0.3 is 41.3 Å². The predicted molar refractivity (Wildman–Crippen MR) is 89.4 cm³/mol. The van der Waals surface area contributed by atoms with Crippen LogP contribution >= 0.6 is 0 Å². The molecule has 156 valence electrons. The van der Waals surface area contributed by atoms with E-state index in [1.807, 2.05) is 0 Å². The molecular formula is C13H29N3O10. The summed E-state index contributed by atoms with van der Waals surface area (Å²) in [5, 5.41) is 64.5. The molecule has 8 N–H and O–H groups in total. The molecule has 1 unspecified atom stereocenters. The second-order valence-corrected chi connectivity index (χ2v) is 4.47. The average Bonchev–Trinajstić information content (AvgIpc) is 2.56. The molecule has 0 radical (unpaired) electrons. The number of aliphatic hydroxyl groups is 4. The van der Waals surface area contributed by atoms with E-state index in [1.54, 1.807) is 0 Å². The van der Waals surface area contributed by atoms with Crippen molar-refractivity contribution in [3.8, 4) is 0 Å². The Hall–Kier alpha value is -1.90. The summed E-state index contributed by atoms with van der Waals surface area (Å²) >= 11 is 0. The standard InChI is InChI=1S/C5H7NO6.2C4H11NO2/c7-4(8)2-1-3(5(9)10)6(11)12;2*6-3-1-5-2-4-7/h3H,1-2H2,(H,7,8)(H,9,10);2*5-7H,1-4H2. The van der Waals surface area contributed by atoms with Crippen molar-refractivity contribution in [2.24, 2.45) is 0 Å². The lowest BCUT2D eigenvalue weighted by molar-refractivity contribution is -0.510. The van der Waals surface area contributed by atoms with Gasteiger partial charge in [0.1, 0.15) is 0 Å². The van der Waals surface area contributed by atoms with Gasteiger partial charge in [0.15, 0.2) is 0 Å². The van der Waals surface area contributed by atoms with Crippen LogP contribution in [-0.2, 0) is 9.59 Å². The molecule has 0 bridgehead atoms. The third kappa shape index (κ3) is 27.0. The van der Waals surface area contributed by atoms with E-state index in [0.717, 1.165) is 0 Å².